The second kappa shape index (κ2) is 4.31. The minimum absolute atomic E-state index is 0.176. The number of hydrogen-bond acceptors (Lipinski definition) is 2. The Labute approximate surface area is 111 Å². The van der Waals surface area contributed by atoms with Crippen LogP contribution in [0, 0.1) is 5.92 Å². The van der Waals surface area contributed by atoms with E-state index in [1.807, 2.05) is 0 Å². The normalized spacial score (nSPS) is 31.5. The fourth-order valence-electron chi connectivity index (χ4n) is 2.93. The molecule has 2 atom stereocenters. The summed E-state index contributed by atoms with van der Waals surface area (Å²) in [6.45, 7) is 0.368. The van der Waals surface area contributed by atoms with Crippen LogP contribution in [-0.4, -0.2) is 36.7 Å². The van der Waals surface area contributed by atoms with Gasteiger partial charge in [-0.05, 0) is 32.5 Å². The average Bonchev–Trinajstić information content (AvgIpc) is 2.85. The molecule has 0 bridgehead atoms. The van der Waals surface area contributed by atoms with Gasteiger partial charge >= 0.3 is 13.1 Å². The van der Waals surface area contributed by atoms with E-state index in [-0.39, 0.29) is 18.9 Å². The van der Waals surface area contributed by atoms with Gasteiger partial charge in [0.1, 0.15) is 5.60 Å². The van der Waals surface area contributed by atoms with E-state index in [4.69, 9.17) is 4.74 Å². The zero-order chi connectivity index (χ0) is 14.5. The van der Waals surface area contributed by atoms with Crippen molar-refractivity contribution in [3.05, 3.63) is 0 Å². The van der Waals surface area contributed by atoms with Crippen LogP contribution >= 0.6 is 0 Å². The van der Waals surface area contributed by atoms with Crippen molar-refractivity contribution in [2.24, 2.45) is 5.92 Å². The number of hydrogen-bond donors (Lipinski definition) is 0. The summed E-state index contributed by atoms with van der Waals surface area (Å²) in [6.07, 6.45) is 0.730. The number of amides is 1. The first-order valence-electron chi connectivity index (χ1n) is 6.72. The third-order valence-corrected chi connectivity index (χ3v) is 4.05. The molecular weight excluding hydrogens is 258 g/mol. The summed E-state index contributed by atoms with van der Waals surface area (Å²) in [5.74, 6) is -0.292. The minimum atomic E-state index is -4.91. The molecule has 0 aromatic carbocycles. The van der Waals surface area contributed by atoms with Crippen LogP contribution in [-0.2, 0) is 4.74 Å². The quantitative estimate of drug-likeness (QED) is 0.685. The fraction of sp³-hybridized carbons (Fsp3) is 0.917. The van der Waals surface area contributed by atoms with Crippen LogP contribution in [0.2, 0.25) is 5.31 Å². The second-order valence-electron chi connectivity index (χ2n) is 6.75. The number of carbonyl (C=O) groups excluding carboxylic acids is 1. The van der Waals surface area contributed by atoms with Crippen LogP contribution < -0.4 is 0 Å². The average molecular weight is 278 g/mol. The number of rotatable bonds is 1. The molecule has 2 unspecified atom stereocenters. The van der Waals surface area contributed by atoms with Gasteiger partial charge in [0.15, 0.2) is 0 Å². The highest BCUT2D eigenvalue weighted by atomic mass is 19.4. The SMILES string of the molecule is CC(C)(C)OC(=O)N1CCCC2CC2([B-](F)(F)F)C1. The van der Waals surface area contributed by atoms with Gasteiger partial charge in [0.2, 0.25) is 0 Å². The van der Waals surface area contributed by atoms with Crippen molar-refractivity contribution in [3.8, 4) is 0 Å². The highest BCUT2D eigenvalue weighted by molar-refractivity contribution is 6.63. The van der Waals surface area contributed by atoms with Gasteiger partial charge in [0.25, 0.3) is 0 Å². The molecule has 7 heteroatoms. The van der Waals surface area contributed by atoms with Crippen LogP contribution in [0.25, 0.3) is 0 Å². The molecule has 0 N–H and O–H groups in total. The summed E-state index contributed by atoms with van der Waals surface area (Å²) < 4.78 is 44.8. The lowest BCUT2D eigenvalue weighted by Crippen LogP contribution is -2.43. The van der Waals surface area contributed by atoms with E-state index in [0.717, 1.165) is 0 Å². The smallest absolute Gasteiger partial charge is 0.448 e. The summed E-state index contributed by atoms with van der Waals surface area (Å²) in [6, 6.07) is 0. The molecule has 3 nitrogen and oxygen atoms in total. The number of nitrogens with zero attached hydrogens (tertiary/aromatic N) is 1. The van der Waals surface area contributed by atoms with Crippen LogP contribution in [0.1, 0.15) is 40.0 Å². The molecular formula is C12H20BF3NO2-. The van der Waals surface area contributed by atoms with E-state index in [1.165, 1.54) is 4.90 Å². The van der Waals surface area contributed by atoms with E-state index in [0.29, 0.717) is 19.4 Å². The van der Waals surface area contributed by atoms with E-state index < -0.39 is 24.0 Å². The first-order chi connectivity index (χ1) is 8.55. The van der Waals surface area contributed by atoms with Crippen LogP contribution in [0.4, 0.5) is 17.7 Å². The molecule has 2 fully saturated rings. The van der Waals surface area contributed by atoms with Crippen LogP contribution in [0.5, 0.6) is 0 Å². The van der Waals surface area contributed by atoms with Crippen molar-refractivity contribution in [1.82, 2.24) is 4.90 Å². The highest BCUT2D eigenvalue weighted by Gasteiger charge is 2.66. The van der Waals surface area contributed by atoms with Gasteiger partial charge in [-0.15, -0.1) is 0 Å². The second-order valence-corrected chi connectivity index (χ2v) is 6.75. The maximum Gasteiger partial charge on any atom is 0.486 e. The number of ether oxygens (including phenoxy) is 1. The summed E-state index contributed by atoms with van der Waals surface area (Å²) >= 11 is 0. The van der Waals surface area contributed by atoms with Crippen LogP contribution in [0.15, 0.2) is 0 Å². The van der Waals surface area contributed by atoms with Gasteiger partial charge in [-0.3, -0.25) is 0 Å². The topological polar surface area (TPSA) is 29.5 Å². The van der Waals surface area contributed by atoms with Crippen molar-refractivity contribution >= 4 is 13.1 Å². The third-order valence-electron chi connectivity index (χ3n) is 4.05. The Morgan fingerprint density at radius 2 is 2.00 bits per heavy atom. The molecule has 0 aromatic heterocycles. The maximum atomic E-state index is 13.2. The molecule has 19 heavy (non-hydrogen) atoms. The molecule has 0 radical (unpaired) electrons. The summed E-state index contributed by atoms with van der Waals surface area (Å²) in [5, 5.41) is -1.62. The Morgan fingerprint density at radius 3 is 2.53 bits per heavy atom. The Morgan fingerprint density at radius 1 is 1.37 bits per heavy atom. The van der Waals surface area contributed by atoms with Gasteiger partial charge in [-0.1, -0.05) is 18.8 Å². The van der Waals surface area contributed by atoms with Gasteiger partial charge in [-0.2, -0.15) is 0 Å². The minimum Gasteiger partial charge on any atom is -0.448 e. The Hall–Kier alpha value is -0.875. The lowest BCUT2D eigenvalue weighted by atomic mass is 9.66. The first kappa shape index (κ1) is 14.5. The summed E-state index contributed by atoms with van der Waals surface area (Å²) in [5.41, 5.74) is -0.678. The molecule has 1 aliphatic carbocycles. The Kier molecular flexibility index (Phi) is 3.30. The van der Waals surface area contributed by atoms with Crippen LogP contribution in [0.3, 0.4) is 0 Å². The van der Waals surface area contributed by atoms with E-state index >= 15 is 0 Å². The lowest BCUT2D eigenvalue weighted by molar-refractivity contribution is 0.0244. The molecule has 1 aliphatic heterocycles. The number of likely N-dealkylation sites (tertiary alicyclic amines) is 1. The van der Waals surface area contributed by atoms with E-state index in [9.17, 15) is 17.7 Å². The Bertz CT molecular complexity index is 380. The van der Waals surface area contributed by atoms with Crippen molar-refractivity contribution in [1.29, 1.82) is 0 Å². The molecule has 0 aromatic rings. The van der Waals surface area contributed by atoms with Gasteiger partial charge in [0, 0.05) is 13.1 Å². The molecule has 2 aliphatic rings. The molecule has 110 valence electrons. The van der Waals surface area contributed by atoms with Crippen molar-refractivity contribution < 1.29 is 22.5 Å². The molecule has 1 saturated carbocycles. The van der Waals surface area contributed by atoms with Crippen molar-refractivity contribution in [2.75, 3.05) is 13.1 Å². The zero-order valence-electron chi connectivity index (χ0n) is 11.6. The predicted molar refractivity (Wildman–Crippen MR) is 66.9 cm³/mol. The lowest BCUT2D eigenvalue weighted by Gasteiger charge is -2.33. The largest absolute Gasteiger partial charge is 0.486 e. The molecule has 2 rings (SSSR count). The number of carbonyl (C=O) groups is 1. The van der Waals surface area contributed by atoms with E-state index in [1.54, 1.807) is 20.8 Å². The number of fused-ring (bicyclic) bond motifs is 1. The molecule has 1 heterocycles. The van der Waals surface area contributed by atoms with Gasteiger partial charge in [-0.25, -0.2) is 4.79 Å². The molecule has 1 amide bonds. The first-order valence-corrected chi connectivity index (χ1v) is 6.72. The van der Waals surface area contributed by atoms with Gasteiger partial charge in [0.05, 0.1) is 0 Å². The zero-order valence-corrected chi connectivity index (χ0v) is 11.6. The van der Waals surface area contributed by atoms with E-state index in [2.05, 4.69) is 0 Å². The monoisotopic (exact) mass is 278 g/mol. The highest BCUT2D eigenvalue weighted by Crippen LogP contribution is 2.69. The Balaban J connectivity index is 2.09. The van der Waals surface area contributed by atoms with Crippen molar-refractivity contribution in [3.63, 3.8) is 0 Å². The molecule has 1 saturated heterocycles. The van der Waals surface area contributed by atoms with Gasteiger partial charge < -0.3 is 22.6 Å². The predicted octanol–water partition coefficient (Wildman–Crippen LogP) is 3.63. The standard InChI is InChI=1S/C12H20BF3NO2/c1-11(2,3)19-10(18)17-6-4-5-9-7-12(9,8-17)13(14,15)16/h9H,4-8H2,1-3H3/q-1. The third kappa shape index (κ3) is 2.84. The fourth-order valence-corrected chi connectivity index (χ4v) is 2.93. The van der Waals surface area contributed by atoms with Crippen molar-refractivity contribution in [2.45, 2.75) is 50.9 Å². The number of halogens is 3. The molecule has 0 spiro atoms. The maximum absolute atomic E-state index is 13.2. The summed E-state index contributed by atoms with van der Waals surface area (Å²) in [4.78, 5) is 13.2. The summed E-state index contributed by atoms with van der Waals surface area (Å²) in [7, 11) is 0.